The minimum absolute atomic E-state index is 0.171. The van der Waals surface area contributed by atoms with Crippen LogP contribution in [0.3, 0.4) is 0 Å². The summed E-state index contributed by atoms with van der Waals surface area (Å²) >= 11 is 6.16. The quantitative estimate of drug-likeness (QED) is 0.551. The molecule has 0 aliphatic carbocycles. The minimum atomic E-state index is -0.719. The lowest BCUT2D eigenvalue weighted by molar-refractivity contribution is -0.140. The Morgan fingerprint density at radius 1 is 0.935 bits per heavy atom. The lowest BCUT2D eigenvalue weighted by atomic mass is 10.1. The van der Waals surface area contributed by atoms with Crippen LogP contribution in [-0.4, -0.2) is 22.8 Å². The molecule has 1 N–H and O–H groups in total. The normalized spacial score (nSPS) is 11.6. The molecule has 0 radical (unpaired) electrons. The Labute approximate surface area is 186 Å². The molecule has 1 atom stereocenters. The third-order valence-corrected chi connectivity index (χ3v) is 5.41. The first-order valence-electron chi connectivity index (χ1n) is 10.0. The van der Waals surface area contributed by atoms with Crippen LogP contribution >= 0.6 is 11.6 Å². The Kier molecular flexibility index (Phi) is 7.79. The molecule has 6 heteroatoms. The Hall–Kier alpha value is -3.18. The summed E-state index contributed by atoms with van der Waals surface area (Å²) in [5.74, 6) is -0.823. The maximum atomic E-state index is 13.3. The maximum Gasteiger partial charge on any atom is 0.242 e. The standard InChI is InChI=1S/C25H24ClFN2O2/c1-18(25(31)28-16-21-9-5-6-10-23(21)26)29(17-20-11-13-22(27)14-12-20)24(30)15-19-7-3-2-4-8-19/h2-14,18H,15-17H2,1H3,(H,28,31)/t18-/m0/s1. The molecule has 3 aromatic rings. The summed E-state index contributed by atoms with van der Waals surface area (Å²) in [5, 5.41) is 3.42. The molecule has 4 nitrogen and oxygen atoms in total. The van der Waals surface area contributed by atoms with Gasteiger partial charge in [0.15, 0.2) is 0 Å². The highest BCUT2D eigenvalue weighted by molar-refractivity contribution is 6.31. The van der Waals surface area contributed by atoms with Crippen molar-refractivity contribution in [2.24, 2.45) is 0 Å². The number of hydrogen-bond donors (Lipinski definition) is 1. The molecule has 0 aliphatic rings. The van der Waals surface area contributed by atoms with E-state index in [9.17, 15) is 14.0 Å². The molecule has 3 rings (SSSR count). The van der Waals surface area contributed by atoms with Crippen molar-refractivity contribution in [3.8, 4) is 0 Å². The van der Waals surface area contributed by atoms with E-state index in [1.165, 1.54) is 17.0 Å². The maximum absolute atomic E-state index is 13.3. The van der Waals surface area contributed by atoms with Crippen molar-refractivity contribution >= 4 is 23.4 Å². The van der Waals surface area contributed by atoms with Gasteiger partial charge in [0.05, 0.1) is 6.42 Å². The summed E-state index contributed by atoms with van der Waals surface area (Å²) < 4.78 is 13.3. The second kappa shape index (κ2) is 10.7. The number of nitrogens with zero attached hydrogens (tertiary/aromatic N) is 1. The van der Waals surface area contributed by atoms with Crippen LogP contribution in [-0.2, 0) is 29.1 Å². The van der Waals surface area contributed by atoms with Gasteiger partial charge in [0.1, 0.15) is 11.9 Å². The summed E-state index contributed by atoms with van der Waals surface area (Å²) in [5.41, 5.74) is 2.40. The van der Waals surface area contributed by atoms with Gasteiger partial charge >= 0.3 is 0 Å². The highest BCUT2D eigenvalue weighted by Gasteiger charge is 2.26. The molecule has 0 fully saturated rings. The lowest BCUT2D eigenvalue weighted by Gasteiger charge is -2.29. The van der Waals surface area contributed by atoms with Gasteiger partial charge < -0.3 is 10.2 Å². The molecular weight excluding hydrogens is 415 g/mol. The fraction of sp³-hybridized carbons (Fsp3) is 0.200. The first-order valence-corrected chi connectivity index (χ1v) is 10.4. The molecule has 0 spiro atoms. The fourth-order valence-electron chi connectivity index (χ4n) is 3.21. The molecule has 31 heavy (non-hydrogen) atoms. The average Bonchev–Trinajstić information content (AvgIpc) is 2.78. The van der Waals surface area contributed by atoms with E-state index in [0.29, 0.717) is 5.02 Å². The van der Waals surface area contributed by atoms with Crippen LogP contribution in [0.15, 0.2) is 78.9 Å². The van der Waals surface area contributed by atoms with E-state index in [4.69, 9.17) is 11.6 Å². The summed E-state index contributed by atoms with van der Waals surface area (Å²) in [6.45, 7) is 2.15. The smallest absolute Gasteiger partial charge is 0.242 e. The van der Waals surface area contributed by atoms with Crippen LogP contribution in [0, 0.1) is 5.82 Å². The van der Waals surface area contributed by atoms with Crippen molar-refractivity contribution in [1.82, 2.24) is 10.2 Å². The number of benzene rings is 3. The van der Waals surface area contributed by atoms with Crippen LogP contribution in [0.5, 0.6) is 0 Å². The highest BCUT2D eigenvalue weighted by Crippen LogP contribution is 2.16. The van der Waals surface area contributed by atoms with Crippen LogP contribution in [0.4, 0.5) is 4.39 Å². The Morgan fingerprint density at radius 2 is 1.58 bits per heavy atom. The van der Waals surface area contributed by atoms with E-state index >= 15 is 0 Å². The third-order valence-electron chi connectivity index (χ3n) is 5.04. The monoisotopic (exact) mass is 438 g/mol. The fourth-order valence-corrected chi connectivity index (χ4v) is 3.42. The van der Waals surface area contributed by atoms with Crippen molar-refractivity contribution < 1.29 is 14.0 Å². The number of hydrogen-bond acceptors (Lipinski definition) is 2. The van der Waals surface area contributed by atoms with Crippen LogP contribution in [0.1, 0.15) is 23.6 Å². The molecule has 160 valence electrons. The lowest BCUT2D eigenvalue weighted by Crippen LogP contribution is -2.48. The van der Waals surface area contributed by atoms with Crippen LogP contribution < -0.4 is 5.32 Å². The first kappa shape index (κ1) is 22.5. The van der Waals surface area contributed by atoms with Gasteiger partial charge in [-0.1, -0.05) is 72.3 Å². The van der Waals surface area contributed by atoms with Gasteiger partial charge in [-0.15, -0.1) is 0 Å². The minimum Gasteiger partial charge on any atom is -0.350 e. The van der Waals surface area contributed by atoms with Crippen LogP contribution in [0.2, 0.25) is 5.02 Å². The molecule has 0 saturated carbocycles. The van der Waals surface area contributed by atoms with Crippen molar-refractivity contribution in [2.75, 3.05) is 0 Å². The molecule has 3 aromatic carbocycles. The third kappa shape index (κ3) is 6.40. The van der Waals surface area contributed by atoms with Crippen molar-refractivity contribution in [3.05, 3.63) is 106 Å². The van der Waals surface area contributed by atoms with Gasteiger partial charge in [-0.3, -0.25) is 9.59 Å². The van der Waals surface area contributed by atoms with Gasteiger partial charge in [0.25, 0.3) is 0 Å². The second-order valence-electron chi connectivity index (χ2n) is 7.30. The Balaban J connectivity index is 1.74. The Bertz CT molecular complexity index is 1030. The first-order chi connectivity index (χ1) is 14.9. The zero-order chi connectivity index (χ0) is 22.2. The highest BCUT2D eigenvalue weighted by atomic mass is 35.5. The van der Waals surface area contributed by atoms with Gasteiger partial charge in [-0.05, 0) is 41.8 Å². The van der Waals surface area contributed by atoms with Gasteiger partial charge in [-0.2, -0.15) is 0 Å². The number of carbonyl (C=O) groups excluding carboxylic acids is 2. The predicted molar refractivity (Wildman–Crippen MR) is 120 cm³/mol. The molecule has 0 unspecified atom stereocenters. The summed E-state index contributed by atoms with van der Waals surface area (Å²) in [4.78, 5) is 27.5. The van der Waals surface area contributed by atoms with E-state index in [1.54, 1.807) is 25.1 Å². The van der Waals surface area contributed by atoms with Gasteiger partial charge in [0.2, 0.25) is 11.8 Å². The van der Waals surface area contributed by atoms with Crippen molar-refractivity contribution in [1.29, 1.82) is 0 Å². The average molecular weight is 439 g/mol. The number of nitrogens with one attached hydrogen (secondary N) is 1. The molecule has 0 heterocycles. The van der Waals surface area contributed by atoms with E-state index < -0.39 is 6.04 Å². The van der Waals surface area contributed by atoms with Crippen LogP contribution in [0.25, 0.3) is 0 Å². The molecule has 0 aliphatic heterocycles. The predicted octanol–water partition coefficient (Wildman–Crippen LogP) is 4.76. The van der Waals surface area contributed by atoms with Gasteiger partial charge in [0, 0.05) is 18.1 Å². The number of carbonyl (C=O) groups is 2. The van der Waals surface area contributed by atoms with Crippen molar-refractivity contribution in [3.63, 3.8) is 0 Å². The molecule has 0 saturated heterocycles. The number of amides is 2. The largest absolute Gasteiger partial charge is 0.350 e. The summed E-state index contributed by atoms with van der Waals surface area (Å²) in [7, 11) is 0. The summed E-state index contributed by atoms with van der Waals surface area (Å²) in [6, 6.07) is 21.8. The molecular formula is C25H24ClFN2O2. The van der Waals surface area contributed by atoms with Gasteiger partial charge in [-0.25, -0.2) is 4.39 Å². The second-order valence-corrected chi connectivity index (χ2v) is 7.70. The molecule has 0 aromatic heterocycles. The van der Waals surface area contributed by atoms with E-state index in [-0.39, 0.29) is 37.1 Å². The topological polar surface area (TPSA) is 49.4 Å². The number of halogens is 2. The number of rotatable bonds is 8. The molecule has 0 bridgehead atoms. The SMILES string of the molecule is C[C@@H](C(=O)NCc1ccccc1Cl)N(Cc1ccc(F)cc1)C(=O)Cc1ccccc1. The Morgan fingerprint density at radius 3 is 2.26 bits per heavy atom. The zero-order valence-electron chi connectivity index (χ0n) is 17.2. The molecule has 2 amide bonds. The van der Waals surface area contributed by atoms with E-state index in [2.05, 4.69) is 5.32 Å². The van der Waals surface area contributed by atoms with Crippen molar-refractivity contribution in [2.45, 2.75) is 32.5 Å². The van der Waals surface area contributed by atoms with E-state index in [1.807, 2.05) is 48.5 Å². The van der Waals surface area contributed by atoms with E-state index in [0.717, 1.165) is 16.7 Å². The summed E-state index contributed by atoms with van der Waals surface area (Å²) in [6.07, 6.45) is 0.171. The zero-order valence-corrected chi connectivity index (χ0v) is 18.0.